The van der Waals surface area contributed by atoms with E-state index in [-0.39, 0.29) is 11.7 Å². The van der Waals surface area contributed by atoms with Crippen LogP contribution in [-0.4, -0.2) is 34.7 Å². The van der Waals surface area contributed by atoms with Crippen LogP contribution in [0, 0.1) is 0 Å². The van der Waals surface area contributed by atoms with Crippen LogP contribution < -0.4 is 10.2 Å². The van der Waals surface area contributed by atoms with Crippen LogP contribution in [0.2, 0.25) is 0 Å². The lowest BCUT2D eigenvalue weighted by Crippen LogP contribution is -2.30. The van der Waals surface area contributed by atoms with E-state index < -0.39 is 0 Å². The minimum Gasteiger partial charge on any atom is -0.355 e. The molecular weight excluding hydrogens is 376 g/mol. The summed E-state index contributed by atoms with van der Waals surface area (Å²) < 4.78 is 0. The molecule has 2 aromatic carbocycles. The number of anilines is 2. The van der Waals surface area contributed by atoms with E-state index in [1.165, 1.54) is 26.2 Å². The highest BCUT2D eigenvalue weighted by atomic mass is 16.1. The van der Waals surface area contributed by atoms with E-state index in [0.717, 1.165) is 30.2 Å². The van der Waals surface area contributed by atoms with E-state index in [9.17, 15) is 9.59 Å². The second kappa shape index (κ2) is 8.86. The van der Waals surface area contributed by atoms with Crippen LogP contribution in [0.4, 0.5) is 11.5 Å². The Morgan fingerprint density at radius 3 is 2.37 bits per heavy atom. The Labute approximate surface area is 176 Å². The molecule has 1 N–H and O–H groups in total. The van der Waals surface area contributed by atoms with Crippen molar-refractivity contribution >= 4 is 23.2 Å². The van der Waals surface area contributed by atoms with Crippen molar-refractivity contribution in [2.75, 3.05) is 23.3 Å². The molecule has 2 heterocycles. The molecule has 6 heteroatoms. The van der Waals surface area contributed by atoms with Gasteiger partial charge in [0.1, 0.15) is 5.69 Å². The lowest BCUT2D eigenvalue weighted by Gasteiger charge is -2.28. The number of hydrogen-bond donors (Lipinski definition) is 1. The Hall–Kier alpha value is -3.54. The number of piperidine rings is 1. The number of nitrogens with zero attached hydrogens (tertiary/aromatic N) is 3. The first-order valence-corrected chi connectivity index (χ1v) is 10.2. The van der Waals surface area contributed by atoms with Crippen LogP contribution in [0.15, 0.2) is 60.9 Å². The maximum atomic E-state index is 12.6. The zero-order valence-electron chi connectivity index (χ0n) is 17.0. The molecule has 1 amide bonds. The summed E-state index contributed by atoms with van der Waals surface area (Å²) in [6.45, 7) is 3.49. The van der Waals surface area contributed by atoms with Gasteiger partial charge in [-0.05, 0) is 50.5 Å². The van der Waals surface area contributed by atoms with Crippen LogP contribution in [0.3, 0.4) is 0 Å². The second-order valence-electron chi connectivity index (χ2n) is 7.44. The lowest BCUT2D eigenvalue weighted by atomic mass is 10.1. The summed E-state index contributed by atoms with van der Waals surface area (Å²) in [5.74, 6) is 0.636. The summed E-state index contributed by atoms with van der Waals surface area (Å²) >= 11 is 0. The van der Waals surface area contributed by atoms with Crippen molar-refractivity contribution in [1.29, 1.82) is 0 Å². The van der Waals surface area contributed by atoms with Gasteiger partial charge in [-0.3, -0.25) is 14.6 Å². The van der Waals surface area contributed by atoms with Gasteiger partial charge in [0.15, 0.2) is 11.6 Å². The fourth-order valence-corrected chi connectivity index (χ4v) is 3.67. The molecular formula is C24H24N4O2. The molecule has 4 rings (SSSR count). The predicted molar refractivity (Wildman–Crippen MR) is 118 cm³/mol. The molecule has 0 atom stereocenters. The number of Topliss-reactive ketones (excluding diaryl/α,β-unsaturated/α-hetero) is 1. The number of rotatable bonds is 5. The number of nitrogens with one attached hydrogen (secondary N) is 1. The molecule has 1 fully saturated rings. The van der Waals surface area contributed by atoms with Gasteiger partial charge in [-0.15, -0.1) is 0 Å². The molecule has 0 unspecified atom stereocenters. The highest BCUT2D eigenvalue weighted by Gasteiger charge is 2.18. The third-order valence-electron chi connectivity index (χ3n) is 5.28. The summed E-state index contributed by atoms with van der Waals surface area (Å²) in [4.78, 5) is 35.6. The van der Waals surface area contributed by atoms with Crippen molar-refractivity contribution in [3.05, 3.63) is 72.1 Å². The van der Waals surface area contributed by atoms with Crippen LogP contribution >= 0.6 is 0 Å². The normalized spacial score (nSPS) is 13.7. The molecule has 1 saturated heterocycles. The number of carbonyl (C=O) groups excluding carboxylic acids is 2. The maximum Gasteiger partial charge on any atom is 0.255 e. The van der Waals surface area contributed by atoms with Crippen molar-refractivity contribution in [3.8, 4) is 11.3 Å². The minimum atomic E-state index is -0.224. The summed E-state index contributed by atoms with van der Waals surface area (Å²) in [6.07, 6.45) is 7.01. The second-order valence-corrected chi connectivity index (χ2v) is 7.44. The van der Waals surface area contributed by atoms with E-state index in [0.29, 0.717) is 16.8 Å². The number of amides is 1. The minimum absolute atomic E-state index is 0.0380. The first-order valence-electron chi connectivity index (χ1n) is 10.2. The van der Waals surface area contributed by atoms with Crippen LogP contribution in [0.1, 0.15) is 46.9 Å². The number of hydrogen-bond acceptors (Lipinski definition) is 5. The molecule has 152 valence electrons. The summed E-state index contributed by atoms with van der Waals surface area (Å²) in [7, 11) is 0. The largest absolute Gasteiger partial charge is 0.355 e. The third kappa shape index (κ3) is 4.38. The molecule has 0 saturated carbocycles. The first kappa shape index (κ1) is 19.8. The van der Waals surface area contributed by atoms with Crippen LogP contribution in [0.25, 0.3) is 11.3 Å². The van der Waals surface area contributed by atoms with Gasteiger partial charge in [-0.2, -0.15) is 0 Å². The van der Waals surface area contributed by atoms with Crippen molar-refractivity contribution < 1.29 is 9.59 Å². The van der Waals surface area contributed by atoms with Gasteiger partial charge in [0.2, 0.25) is 0 Å². The van der Waals surface area contributed by atoms with E-state index >= 15 is 0 Å². The first-order chi connectivity index (χ1) is 14.6. The number of aromatic nitrogens is 2. The molecule has 1 aliphatic rings. The van der Waals surface area contributed by atoms with Crippen molar-refractivity contribution in [3.63, 3.8) is 0 Å². The van der Waals surface area contributed by atoms with E-state index in [2.05, 4.69) is 20.2 Å². The Bertz CT molecular complexity index is 1060. The van der Waals surface area contributed by atoms with E-state index in [1.54, 1.807) is 48.8 Å². The molecule has 6 nitrogen and oxygen atoms in total. The van der Waals surface area contributed by atoms with Gasteiger partial charge in [0.25, 0.3) is 5.91 Å². The Morgan fingerprint density at radius 1 is 0.900 bits per heavy atom. The molecule has 3 aromatic rings. The summed E-state index contributed by atoms with van der Waals surface area (Å²) in [5.41, 5.74) is 3.46. The van der Waals surface area contributed by atoms with Gasteiger partial charge < -0.3 is 10.2 Å². The molecule has 0 radical (unpaired) electrons. The standard InChI is InChI=1S/C24H24N4O2/c1-17(29)20-6-5-7-21(16-20)27-24(30)19-10-8-18(9-11-19)22-23(26-13-12-25-22)28-14-3-2-4-15-28/h5-13,16H,2-4,14-15H2,1H3,(H,27,30). The SMILES string of the molecule is CC(=O)c1cccc(NC(=O)c2ccc(-c3nccnc3N3CCCCC3)cc2)c1. The predicted octanol–water partition coefficient (Wildman–Crippen LogP) is 4.59. The lowest BCUT2D eigenvalue weighted by molar-refractivity contribution is 0.101. The Balaban J connectivity index is 1.53. The van der Waals surface area contributed by atoms with Gasteiger partial charge in [-0.1, -0.05) is 24.3 Å². The molecule has 0 spiro atoms. The van der Waals surface area contributed by atoms with Crippen molar-refractivity contribution in [2.45, 2.75) is 26.2 Å². The topological polar surface area (TPSA) is 75.2 Å². The van der Waals surface area contributed by atoms with Crippen LogP contribution in [0.5, 0.6) is 0 Å². The monoisotopic (exact) mass is 400 g/mol. The highest BCUT2D eigenvalue weighted by molar-refractivity contribution is 6.05. The molecule has 30 heavy (non-hydrogen) atoms. The quantitative estimate of drug-likeness (QED) is 0.634. The average Bonchev–Trinajstić information content (AvgIpc) is 2.80. The van der Waals surface area contributed by atoms with E-state index in [1.807, 2.05) is 12.1 Å². The smallest absolute Gasteiger partial charge is 0.255 e. The van der Waals surface area contributed by atoms with Crippen molar-refractivity contribution in [2.24, 2.45) is 0 Å². The van der Waals surface area contributed by atoms with E-state index in [4.69, 9.17) is 0 Å². The fraction of sp³-hybridized carbons (Fsp3) is 0.250. The number of benzene rings is 2. The van der Waals surface area contributed by atoms with Gasteiger partial charge in [0.05, 0.1) is 0 Å². The average molecular weight is 400 g/mol. The molecule has 1 aliphatic heterocycles. The Morgan fingerprint density at radius 2 is 1.63 bits per heavy atom. The summed E-state index contributed by atoms with van der Waals surface area (Å²) in [6, 6.07) is 14.3. The van der Waals surface area contributed by atoms with Gasteiger partial charge in [0, 0.05) is 47.9 Å². The number of carbonyl (C=O) groups is 2. The van der Waals surface area contributed by atoms with Crippen LogP contribution in [-0.2, 0) is 0 Å². The molecule has 0 bridgehead atoms. The fourth-order valence-electron chi connectivity index (χ4n) is 3.67. The maximum absolute atomic E-state index is 12.6. The zero-order valence-corrected chi connectivity index (χ0v) is 17.0. The van der Waals surface area contributed by atoms with Gasteiger partial charge in [-0.25, -0.2) is 4.98 Å². The van der Waals surface area contributed by atoms with Gasteiger partial charge >= 0.3 is 0 Å². The Kier molecular flexibility index (Phi) is 5.84. The molecule has 0 aliphatic carbocycles. The molecule has 1 aromatic heterocycles. The summed E-state index contributed by atoms with van der Waals surface area (Å²) in [5, 5.41) is 2.85. The third-order valence-corrected chi connectivity index (χ3v) is 5.28. The highest BCUT2D eigenvalue weighted by Crippen LogP contribution is 2.28. The number of ketones is 1. The van der Waals surface area contributed by atoms with Crippen molar-refractivity contribution in [1.82, 2.24) is 9.97 Å². The zero-order chi connectivity index (χ0) is 20.9.